The van der Waals surface area contributed by atoms with E-state index >= 15 is 0 Å². The molecule has 0 aliphatic rings. The monoisotopic (exact) mass is 248 g/mol. The van der Waals surface area contributed by atoms with Crippen LogP contribution in [0.4, 0.5) is 0 Å². The fraction of sp³-hybridized carbons (Fsp3) is 0.0667. The first kappa shape index (κ1) is 10.3. The molecule has 0 amide bonds. The first-order valence-electron chi connectivity index (χ1n) is 6.21. The smallest absolute Gasteiger partial charge is 0.142 e. The van der Waals surface area contributed by atoms with Crippen LogP contribution in [0.25, 0.3) is 27.9 Å². The minimum absolute atomic E-state index is 0.866. The van der Waals surface area contributed by atoms with Crippen LogP contribution in [0.3, 0.4) is 0 Å². The number of nitrogens with zero attached hydrogens (tertiary/aromatic N) is 3. The molecule has 0 saturated carbocycles. The SMILES string of the molecule is Cc1cccc2[nH]c(-c3cnn4ccccc34)nc12. The van der Waals surface area contributed by atoms with E-state index in [2.05, 4.69) is 23.1 Å². The van der Waals surface area contributed by atoms with Crippen molar-refractivity contribution >= 4 is 16.6 Å². The van der Waals surface area contributed by atoms with Crippen molar-refractivity contribution in [3.63, 3.8) is 0 Å². The van der Waals surface area contributed by atoms with E-state index in [1.807, 2.05) is 47.2 Å². The number of aryl methyl sites for hydroxylation is 1. The number of hydrogen-bond acceptors (Lipinski definition) is 2. The number of aromatic amines is 1. The van der Waals surface area contributed by atoms with E-state index in [1.54, 1.807) is 0 Å². The molecular formula is C15H12N4. The summed E-state index contributed by atoms with van der Waals surface area (Å²) in [5, 5.41) is 4.34. The number of aromatic nitrogens is 4. The average molecular weight is 248 g/mol. The van der Waals surface area contributed by atoms with Gasteiger partial charge in [0.2, 0.25) is 0 Å². The lowest BCUT2D eigenvalue weighted by Crippen LogP contribution is -1.84. The highest BCUT2D eigenvalue weighted by Crippen LogP contribution is 2.25. The van der Waals surface area contributed by atoms with Crippen molar-refractivity contribution in [1.29, 1.82) is 0 Å². The Balaban J connectivity index is 2.02. The van der Waals surface area contributed by atoms with Crippen LogP contribution in [0.1, 0.15) is 5.56 Å². The standard InChI is InChI=1S/C15H12N4/c1-10-5-4-6-12-14(10)18-15(17-12)11-9-16-19-8-3-2-7-13(11)19/h2-9H,1H3,(H,17,18). The molecule has 19 heavy (non-hydrogen) atoms. The van der Waals surface area contributed by atoms with Crippen LogP contribution in [0.15, 0.2) is 48.8 Å². The van der Waals surface area contributed by atoms with Crippen LogP contribution in [0, 0.1) is 6.92 Å². The van der Waals surface area contributed by atoms with Crippen molar-refractivity contribution < 1.29 is 0 Å². The van der Waals surface area contributed by atoms with Gasteiger partial charge in [-0.2, -0.15) is 5.10 Å². The highest BCUT2D eigenvalue weighted by Gasteiger charge is 2.11. The van der Waals surface area contributed by atoms with Crippen molar-refractivity contribution in [3.05, 3.63) is 54.4 Å². The molecule has 3 heterocycles. The van der Waals surface area contributed by atoms with Crippen LogP contribution in [-0.2, 0) is 0 Å². The van der Waals surface area contributed by atoms with Gasteiger partial charge in [0.25, 0.3) is 0 Å². The minimum atomic E-state index is 0.866. The van der Waals surface area contributed by atoms with Gasteiger partial charge in [0, 0.05) is 6.20 Å². The maximum absolute atomic E-state index is 4.70. The van der Waals surface area contributed by atoms with E-state index in [4.69, 9.17) is 4.98 Å². The molecule has 0 fully saturated rings. The van der Waals surface area contributed by atoms with Gasteiger partial charge in [-0.1, -0.05) is 18.2 Å². The fourth-order valence-corrected chi connectivity index (χ4v) is 2.42. The van der Waals surface area contributed by atoms with E-state index < -0.39 is 0 Å². The van der Waals surface area contributed by atoms with E-state index in [0.29, 0.717) is 0 Å². The quantitative estimate of drug-likeness (QED) is 0.562. The Morgan fingerprint density at radius 3 is 2.95 bits per heavy atom. The average Bonchev–Trinajstić information content (AvgIpc) is 3.02. The van der Waals surface area contributed by atoms with Crippen LogP contribution in [0.5, 0.6) is 0 Å². The molecule has 4 heteroatoms. The second kappa shape index (κ2) is 3.68. The van der Waals surface area contributed by atoms with Gasteiger partial charge >= 0.3 is 0 Å². The molecule has 0 aliphatic carbocycles. The summed E-state index contributed by atoms with van der Waals surface area (Å²) >= 11 is 0. The fourth-order valence-electron chi connectivity index (χ4n) is 2.42. The van der Waals surface area contributed by atoms with Gasteiger partial charge in [-0.25, -0.2) is 9.50 Å². The molecule has 92 valence electrons. The molecule has 0 radical (unpaired) electrons. The summed E-state index contributed by atoms with van der Waals surface area (Å²) in [6.07, 6.45) is 3.79. The Hall–Kier alpha value is -2.62. The molecule has 1 aromatic carbocycles. The maximum atomic E-state index is 4.70. The second-order valence-corrected chi connectivity index (χ2v) is 4.65. The number of benzene rings is 1. The third-order valence-corrected chi connectivity index (χ3v) is 3.40. The summed E-state index contributed by atoms with van der Waals surface area (Å²) in [6.45, 7) is 2.07. The lowest BCUT2D eigenvalue weighted by Gasteiger charge is -1.93. The molecular weight excluding hydrogens is 236 g/mol. The van der Waals surface area contributed by atoms with Crippen molar-refractivity contribution in [2.45, 2.75) is 6.92 Å². The first-order valence-corrected chi connectivity index (χ1v) is 6.21. The largest absolute Gasteiger partial charge is 0.338 e. The Labute approximate surface area is 109 Å². The van der Waals surface area contributed by atoms with Gasteiger partial charge in [0.15, 0.2) is 0 Å². The molecule has 0 spiro atoms. The number of fused-ring (bicyclic) bond motifs is 2. The van der Waals surface area contributed by atoms with Crippen molar-refractivity contribution in [1.82, 2.24) is 19.6 Å². The molecule has 3 aromatic heterocycles. The summed E-state index contributed by atoms with van der Waals surface area (Å²) in [5.74, 6) is 0.866. The first-order chi connectivity index (χ1) is 9.33. The van der Waals surface area contributed by atoms with Gasteiger partial charge in [-0.3, -0.25) is 0 Å². The molecule has 0 aliphatic heterocycles. The number of pyridine rings is 1. The Morgan fingerprint density at radius 2 is 2.05 bits per heavy atom. The van der Waals surface area contributed by atoms with Crippen molar-refractivity contribution in [3.8, 4) is 11.4 Å². The summed E-state index contributed by atoms with van der Waals surface area (Å²) in [6, 6.07) is 12.2. The van der Waals surface area contributed by atoms with Crippen LogP contribution < -0.4 is 0 Å². The highest BCUT2D eigenvalue weighted by molar-refractivity contribution is 5.85. The Kier molecular flexibility index (Phi) is 2.00. The van der Waals surface area contributed by atoms with E-state index in [9.17, 15) is 0 Å². The van der Waals surface area contributed by atoms with E-state index in [1.165, 1.54) is 5.56 Å². The molecule has 4 aromatic rings. The van der Waals surface area contributed by atoms with Gasteiger partial charge in [-0.05, 0) is 30.7 Å². The van der Waals surface area contributed by atoms with Gasteiger partial charge in [0.1, 0.15) is 5.82 Å². The van der Waals surface area contributed by atoms with Gasteiger partial charge < -0.3 is 4.98 Å². The molecule has 1 N–H and O–H groups in total. The lowest BCUT2D eigenvalue weighted by atomic mass is 10.2. The van der Waals surface area contributed by atoms with Crippen LogP contribution in [0.2, 0.25) is 0 Å². The topological polar surface area (TPSA) is 46.0 Å². The normalized spacial score (nSPS) is 11.4. The number of nitrogens with one attached hydrogen (secondary N) is 1. The predicted octanol–water partition coefficient (Wildman–Crippen LogP) is 3.19. The number of hydrogen-bond donors (Lipinski definition) is 1. The zero-order valence-electron chi connectivity index (χ0n) is 10.5. The molecule has 4 nitrogen and oxygen atoms in total. The Morgan fingerprint density at radius 1 is 1.11 bits per heavy atom. The zero-order valence-corrected chi connectivity index (χ0v) is 10.5. The van der Waals surface area contributed by atoms with Crippen molar-refractivity contribution in [2.75, 3.05) is 0 Å². The molecule has 0 saturated heterocycles. The van der Waals surface area contributed by atoms with E-state index in [0.717, 1.165) is 27.9 Å². The third kappa shape index (κ3) is 1.46. The number of para-hydroxylation sites is 1. The summed E-state index contributed by atoms with van der Waals surface area (Å²) in [4.78, 5) is 8.06. The molecule has 0 bridgehead atoms. The molecule has 0 unspecified atom stereocenters. The summed E-state index contributed by atoms with van der Waals surface area (Å²) in [5.41, 5.74) is 5.34. The summed E-state index contributed by atoms with van der Waals surface area (Å²) in [7, 11) is 0. The van der Waals surface area contributed by atoms with Crippen LogP contribution >= 0.6 is 0 Å². The maximum Gasteiger partial charge on any atom is 0.142 e. The second-order valence-electron chi connectivity index (χ2n) is 4.65. The Bertz CT molecular complexity index is 885. The van der Waals surface area contributed by atoms with E-state index in [-0.39, 0.29) is 0 Å². The zero-order chi connectivity index (χ0) is 12.8. The number of imidazole rings is 1. The summed E-state index contributed by atoms with van der Waals surface area (Å²) < 4.78 is 1.86. The molecule has 4 rings (SSSR count). The lowest BCUT2D eigenvalue weighted by molar-refractivity contribution is 0.961. The number of H-pyrrole nitrogens is 1. The van der Waals surface area contributed by atoms with Gasteiger partial charge in [-0.15, -0.1) is 0 Å². The molecule has 0 atom stereocenters. The van der Waals surface area contributed by atoms with Crippen molar-refractivity contribution in [2.24, 2.45) is 0 Å². The third-order valence-electron chi connectivity index (χ3n) is 3.40. The van der Waals surface area contributed by atoms with Crippen LogP contribution in [-0.4, -0.2) is 19.6 Å². The number of rotatable bonds is 1. The predicted molar refractivity (Wildman–Crippen MR) is 75.0 cm³/mol. The van der Waals surface area contributed by atoms with Gasteiger partial charge in [0.05, 0.1) is 28.3 Å². The minimum Gasteiger partial charge on any atom is -0.338 e. The highest BCUT2D eigenvalue weighted by atomic mass is 15.2.